The zero-order chi connectivity index (χ0) is 14.3. The van der Waals surface area contributed by atoms with Crippen molar-refractivity contribution in [2.45, 2.75) is 32.2 Å². The van der Waals surface area contributed by atoms with Crippen LogP contribution in [0.1, 0.15) is 31.0 Å². The fourth-order valence-corrected chi connectivity index (χ4v) is 3.45. The Labute approximate surface area is 116 Å². The second-order valence-electron chi connectivity index (χ2n) is 5.62. The zero-order valence-corrected chi connectivity index (χ0v) is 11.5. The molecule has 0 saturated heterocycles. The molecule has 1 aromatic heterocycles. The Morgan fingerprint density at radius 3 is 2.90 bits per heavy atom. The molecule has 4 heteroatoms. The predicted molar refractivity (Wildman–Crippen MR) is 76.4 cm³/mol. The lowest BCUT2D eigenvalue weighted by atomic mass is 10.0. The third-order valence-electron chi connectivity index (χ3n) is 4.39. The predicted octanol–water partition coefficient (Wildman–Crippen LogP) is 2.78. The normalized spacial score (nSPS) is 22.6. The molecule has 1 N–H and O–H groups in total. The van der Waals surface area contributed by atoms with Crippen LogP contribution in [0.25, 0.3) is 10.9 Å². The van der Waals surface area contributed by atoms with Crippen LogP contribution >= 0.6 is 0 Å². The summed E-state index contributed by atoms with van der Waals surface area (Å²) in [5.74, 6) is -0.181. The number of pyridine rings is 1. The second-order valence-corrected chi connectivity index (χ2v) is 5.62. The molecule has 0 unspecified atom stereocenters. The van der Waals surface area contributed by atoms with Crippen LogP contribution in [0.4, 0.5) is 4.39 Å². The first-order valence-electron chi connectivity index (χ1n) is 7.04. The lowest BCUT2D eigenvalue weighted by Crippen LogP contribution is -2.22. The number of nitrogens with zero attached hydrogens (tertiary/aromatic N) is 1. The van der Waals surface area contributed by atoms with E-state index in [-0.39, 0.29) is 24.0 Å². The van der Waals surface area contributed by atoms with Gasteiger partial charge in [0.25, 0.3) is 0 Å². The van der Waals surface area contributed by atoms with Gasteiger partial charge in [0.15, 0.2) is 5.43 Å². The van der Waals surface area contributed by atoms with Gasteiger partial charge in [0.2, 0.25) is 0 Å². The fraction of sp³-hybridized carbons (Fsp3) is 0.438. The minimum Gasteiger partial charge on any atom is -0.396 e. The van der Waals surface area contributed by atoms with Gasteiger partial charge in [-0.2, -0.15) is 0 Å². The van der Waals surface area contributed by atoms with E-state index in [0.717, 1.165) is 30.5 Å². The maximum Gasteiger partial charge on any atom is 0.189 e. The number of halogens is 1. The first-order valence-corrected chi connectivity index (χ1v) is 7.04. The SMILES string of the molecule is Cc1cc(=O)c2cc(F)ccc2n1[C@@H]1CCC[C@H]1CO. The van der Waals surface area contributed by atoms with Crippen LogP contribution < -0.4 is 5.43 Å². The van der Waals surface area contributed by atoms with Crippen molar-refractivity contribution in [2.75, 3.05) is 6.61 Å². The Balaban J connectivity index is 2.27. The lowest BCUT2D eigenvalue weighted by molar-refractivity contribution is 0.197. The molecule has 20 heavy (non-hydrogen) atoms. The molecule has 1 heterocycles. The Kier molecular flexibility index (Phi) is 3.34. The van der Waals surface area contributed by atoms with Gasteiger partial charge in [-0.25, -0.2) is 4.39 Å². The number of aromatic nitrogens is 1. The van der Waals surface area contributed by atoms with Crippen LogP contribution in [-0.2, 0) is 0 Å². The zero-order valence-electron chi connectivity index (χ0n) is 11.5. The van der Waals surface area contributed by atoms with E-state index in [1.165, 1.54) is 12.1 Å². The summed E-state index contributed by atoms with van der Waals surface area (Å²) in [6, 6.07) is 6.12. The molecule has 0 amide bonds. The highest BCUT2D eigenvalue weighted by Crippen LogP contribution is 2.37. The molecule has 0 spiro atoms. The smallest absolute Gasteiger partial charge is 0.189 e. The standard InChI is InChI=1S/C16H18FNO2/c1-10-7-16(20)13-8-12(17)5-6-15(13)18(10)14-4-2-3-11(14)9-19/h5-8,11,14,19H,2-4,9H2,1H3/t11-,14+/m0/s1. The van der Waals surface area contributed by atoms with Crippen molar-refractivity contribution in [3.8, 4) is 0 Å². The largest absolute Gasteiger partial charge is 0.396 e. The van der Waals surface area contributed by atoms with Gasteiger partial charge < -0.3 is 9.67 Å². The Hall–Kier alpha value is -1.68. The number of benzene rings is 1. The number of aliphatic hydroxyl groups excluding tert-OH is 1. The maximum atomic E-state index is 13.4. The van der Waals surface area contributed by atoms with E-state index < -0.39 is 5.82 Å². The monoisotopic (exact) mass is 275 g/mol. The third-order valence-corrected chi connectivity index (χ3v) is 4.39. The molecule has 0 aliphatic heterocycles. The van der Waals surface area contributed by atoms with Gasteiger partial charge in [0.1, 0.15) is 5.82 Å². The molecule has 3 rings (SSSR count). The van der Waals surface area contributed by atoms with Gasteiger partial charge in [-0.15, -0.1) is 0 Å². The second kappa shape index (κ2) is 5.02. The highest BCUT2D eigenvalue weighted by atomic mass is 19.1. The van der Waals surface area contributed by atoms with E-state index in [1.807, 2.05) is 6.92 Å². The van der Waals surface area contributed by atoms with Crippen LogP contribution in [0.2, 0.25) is 0 Å². The molecule has 106 valence electrons. The molecular formula is C16H18FNO2. The van der Waals surface area contributed by atoms with E-state index in [0.29, 0.717) is 5.39 Å². The summed E-state index contributed by atoms with van der Waals surface area (Å²) in [7, 11) is 0. The molecule has 3 nitrogen and oxygen atoms in total. The first kappa shape index (κ1) is 13.3. The van der Waals surface area contributed by atoms with Crippen molar-refractivity contribution >= 4 is 10.9 Å². The molecule has 2 aromatic rings. The Bertz CT molecular complexity index is 707. The number of rotatable bonds is 2. The molecular weight excluding hydrogens is 257 g/mol. The minimum absolute atomic E-state index is 0.146. The molecule has 1 fully saturated rings. The van der Waals surface area contributed by atoms with Gasteiger partial charge in [-0.1, -0.05) is 6.42 Å². The van der Waals surface area contributed by atoms with Crippen LogP contribution in [0.5, 0.6) is 0 Å². The molecule has 1 saturated carbocycles. The van der Waals surface area contributed by atoms with Gasteiger partial charge >= 0.3 is 0 Å². The van der Waals surface area contributed by atoms with E-state index >= 15 is 0 Å². The first-order chi connectivity index (χ1) is 9.61. The van der Waals surface area contributed by atoms with Crippen LogP contribution in [0, 0.1) is 18.7 Å². The van der Waals surface area contributed by atoms with Gasteiger partial charge in [-0.05, 0) is 38.0 Å². The average molecular weight is 275 g/mol. The Morgan fingerprint density at radius 2 is 2.15 bits per heavy atom. The minimum atomic E-state index is -0.393. The number of hydrogen-bond acceptors (Lipinski definition) is 2. The number of aryl methyl sites for hydroxylation is 1. The summed E-state index contributed by atoms with van der Waals surface area (Å²) in [5.41, 5.74) is 1.49. The van der Waals surface area contributed by atoms with Crippen molar-refractivity contribution in [1.29, 1.82) is 0 Å². The quantitative estimate of drug-likeness (QED) is 0.915. The topological polar surface area (TPSA) is 42.2 Å². The van der Waals surface area contributed by atoms with Gasteiger partial charge in [-0.3, -0.25) is 4.79 Å². The van der Waals surface area contributed by atoms with Crippen molar-refractivity contribution in [3.05, 3.63) is 46.0 Å². The van der Waals surface area contributed by atoms with Crippen LogP contribution in [0.15, 0.2) is 29.1 Å². The fourth-order valence-electron chi connectivity index (χ4n) is 3.45. The summed E-state index contributed by atoms with van der Waals surface area (Å²) < 4.78 is 15.5. The average Bonchev–Trinajstić information content (AvgIpc) is 2.88. The van der Waals surface area contributed by atoms with Gasteiger partial charge in [0.05, 0.1) is 5.52 Å². The molecule has 0 radical (unpaired) electrons. The lowest BCUT2D eigenvalue weighted by Gasteiger charge is -2.25. The van der Waals surface area contributed by atoms with Crippen molar-refractivity contribution in [1.82, 2.24) is 4.57 Å². The summed E-state index contributed by atoms with van der Waals surface area (Å²) in [4.78, 5) is 12.0. The third kappa shape index (κ3) is 2.04. The summed E-state index contributed by atoms with van der Waals surface area (Å²) >= 11 is 0. The summed E-state index contributed by atoms with van der Waals surface area (Å²) in [6.45, 7) is 2.05. The van der Waals surface area contributed by atoms with E-state index in [1.54, 1.807) is 12.1 Å². The van der Waals surface area contributed by atoms with Crippen LogP contribution in [0.3, 0.4) is 0 Å². The van der Waals surface area contributed by atoms with Gasteiger partial charge in [0, 0.05) is 35.7 Å². The molecule has 1 aliphatic carbocycles. The summed E-state index contributed by atoms with van der Waals surface area (Å²) in [6.07, 6.45) is 3.06. The van der Waals surface area contributed by atoms with Crippen molar-refractivity contribution in [2.24, 2.45) is 5.92 Å². The van der Waals surface area contributed by atoms with E-state index in [9.17, 15) is 14.3 Å². The molecule has 0 bridgehead atoms. The van der Waals surface area contributed by atoms with E-state index in [2.05, 4.69) is 4.57 Å². The van der Waals surface area contributed by atoms with Crippen molar-refractivity contribution in [3.63, 3.8) is 0 Å². The number of aliphatic hydroxyl groups is 1. The maximum absolute atomic E-state index is 13.4. The Morgan fingerprint density at radius 1 is 1.35 bits per heavy atom. The number of fused-ring (bicyclic) bond motifs is 1. The highest BCUT2D eigenvalue weighted by molar-refractivity contribution is 5.79. The number of hydrogen-bond donors (Lipinski definition) is 1. The van der Waals surface area contributed by atoms with E-state index in [4.69, 9.17) is 0 Å². The summed E-state index contributed by atoms with van der Waals surface area (Å²) in [5, 5.41) is 9.94. The van der Waals surface area contributed by atoms with Crippen molar-refractivity contribution < 1.29 is 9.50 Å². The molecule has 1 aromatic carbocycles. The molecule has 1 aliphatic rings. The highest BCUT2D eigenvalue weighted by Gasteiger charge is 2.29. The molecule has 2 atom stereocenters. The van der Waals surface area contributed by atoms with Crippen LogP contribution in [-0.4, -0.2) is 16.3 Å².